The molecule has 0 aliphatic carbocycles. The van der Waals surface area contributed by atoms with E-state index in [1.807, 2.05) is 0 Å². The summed E-state index contributed by atoms with van der Waals surface area (Å²) in [4.78, 5) is 26.1. The largest absolute Gasteiger partial charge is 0.463 e. The van der Waals surface area contributed by atoms with Crippen molar-refractivity contribution in [2.24, 2.45) is 5.73 Å². The number of hydrogen-bond acceptors (Lipinski definition) is 6. The molecule has 33 heavy (non-hydrogen) atoms. The van der Waals surface area contributed by atoms with Gasteiger partial charge in [-0.25, -0.2) is 13.6 Å². The smallest absolute Gasteiger partial charge is 0.338 e. The Morgan fingerprint density at radius 1 is 1.18 bits per heavy atom. The minimum absolute atomic E-state index is 0.0582. The van der Waals surface area contributed by atoms with Crippen molar-refractivity contribution in [3.8, 4) is 6.07 Å². The number of nitrogens with two attached hydrogens (primary N) is 1. The second-order valence-corrected chi connectivity index (χ2v) is 8.17. The average molecular weight is 465 g/mol. The van der Waals surface area contributed by atoms with E-state index < -0.39 is 29.1 Å². The second kappa shape index (κ2) is 8.84. The van der Waals surface area contributed by atoms with Crippen LogP contribution in [0.2, 0.25) is 0 Å². The van der Waals surface area contributed by atoms with Crippen LogP contribution in [0.25, 0.3) is 17.5 Å². The van der Waals surface area contributed by atoms with Gasteiger partial charge in [-0.2, -0.15) is 5.26 Å². The van der Waals surface area contributed by atoms with E-state index >= 15 is 0 Å². The zero-order chi connectivity index (χ0) is 23.7. The van der Waals surface area contributed by atoms with Crippen LogP contribution < -0.4 is 20.5 Å². The Morgan fingerprint density at radius 2 is 1.79 bits per heavy atom. The normalized spacial score (nSPS) is 15.9. The van der Waals surface area contributed by atoms with E-state index in [2.05, 4.69) is 6.07 Å². The lowest BCUT2D eigenvalue weighted by Crippen LogP contribution is -2.40. The van der Waals surface area contributed by atoms with Crippen molar-refractivity contribution >= 4 is 34.8 Å². The van der Waals surface area contributed by atoms with Gasteiger partial charge < -0.3 is 10.5 Å². The first kappa shape index (κ1) is 22.2. The van der Waals surface area contributed by atoms with Crippen molar-refractivity contribution in [1.29, 1.82) is 5.26 Å². The van der Waals surface area contributed by atoms with Crippen molar-refractivity contribution in [2.75, 3.05) is 6.61 Å². The maximum atomic E-state index is 13.5. The van der Waals surface area contributed by atoms with Crippen LogP contribution >= 0.6 is 11.3 Å². The first-order valence-corrected chi connectivity index (χ1v) is 10.7. The number of hydrogen-bond donors (Lipinski definition) is 1. The summed E-state index contributed by atoms with van der Waals surface area (Å²) >= 11 is 1.03. The minimum atomic E-state index is -0.939. The molecule has 166 valence electrons. The fraction of sp³-hybridized carbons (Fsp3) is 0.125. The average Bonchev–Trinajstić information content (AvgIpc) is 3.12. The molecule has 0 saturated heterocycles. The number of nitrogens with zero attached hydrogens (tertiary/aromatic N) is 2. The third-order valence-corrected chi connectivity index (χ3v) is 6.24. The predicted molar refractivity (Wildman–Crippen MR) is 120 cm³/mol. The summed E-state index contributed by atoms with van der Waals surface area (Å²) in [6.45, 7) is 1.68. The number of halogens is 2. The number of carbonyl (C=O) groups excluding carboxylic acids is 1. The Balaban J connectivity index is 2.05. The van der Waals surface area contributed by atoms with Crippen LogP contribution in [-0.4, -0.2) is 17.1 Å². The lowest BCUT2D eigenvalue weighted by Gasteiger charge is -2.25. The van der Waals surface area contributed by atoms with Gasteiger partial charge in [-0.1, -0.05) is 24.3 Å². The third kappa shape index (κ3) is 3.97. The Morgan fingerprint density at radius 3 is 2.36 bits per heavy atom. The van der Waals surface area contributed by atoms with Crippen molar-refractivity contribution in [3.63, 3.8) is 0 Å². The minimum Gasteiger partial charge on any atom is -0.463 e. The van der Waals surface area contributed by atoms with Gasteiger partial charge in [0.1, 0.15) is 22.1 Å². The molecule has 4 rings (SSSR count). The van der Waals surface area contributed by atoms with E-state index in [1.54, 1.807) is 13.0 Å². The molecule has 0 amide bonds. The highest BCUT2D eigenvalue weighted by atomic mass is 32.1. The van der Waals surface area contributed by atoms with Crippen molar-refractivity contribution in [1.82, 2.24) is 4.57 Å². The monoisotopic (exact) mass is 465 g/mol. The highest BCUT2D eigenvalue weighted by molar-refractivity contribution is 7.07. The third-order valence-electron chi connectivity index (χ3n) is 5.14. The second-order valence-electron chi connectivity index (χ2n) is 7.14. The van der Waals surface area contributed by atoms with Gasteiger partial charge in [0, 0.05) is 0 Å². The molecule has 0 unspecified atom stereocenters. The lowest BCUT2D eigenvalue weighted by atomic mass is 9.84. The van der Waals surface area contributed by atoms with Gasteiger partial charge in [0.05, 0.1) is 34.3 Å². The molecule has 2 aromatic carbocycles. The summed E-state index contributed by atoms with van der Waals surface area (Å²) in [6.07, 6.45) is 1.55. The van der Waals surface area contributed by atoms with Gasteiger partial charge >= 0.3 is 5.97 Å². The maximum Gasteiger partial charge on any atom is 0.338 e. The van der Waals surface area contributed by atoms with Crippen LogP contribution in [0.1, 0.15) is 24.0 Å². The van der Waals surface area contributed by atoms with E-state index in [0.29, 0.717) is 11.1 Å². The number of esters is 1. The van der Waals surface area contributed by atoms with Crippen LogP contribution in [0.15, 0.2) is 58.9 Å². The zero-order valence-electron chi connectivity index (χ0n) is 17.3. The van der Waals surface area contributed by atoms with Gasteiger partial charge in [0.15, 0.2) is 0 Å². The van der Waals surface area contributed by atoms with E-state index in [1.165, 1.54) is 48.5 Å². The number of nitriles is 1. The fourth-order valence-corrected chi connectivity index (χ4v) is 4.79. The number of thiazole rings is 1. The van der Waals surface area contributed by atoms with Gasteiger partial charge in [0.25, 0.3) is 5.56 Å². The summed E-state index contributed by atoms with van der Waals surface area (Å²) in [5, 5.41) is 10.0. The highest BCUT2D eigenvalue weighted by Crippen LogP contribution is 2.36. The molecule has 1 aliphatic heterocycles. The van der Waals surface area contributed by atoms with Crippen molar-refractivity contribution in [3.05, 3.63) is 96.4 Å². The van der Waals surface area contributed by atoms with E-state index in [-0.39, 0.29) is 32.8 Å². The van der Waals surface area contributed by atoms with E-state index in [0.717, 1.165) is 15.9 Å². The number of ether oxygens (including phenoxy) is 1. The number of benzene rings is 2. The molecule has 0 fully saturated rings. The molecule has 6 nitrogen and oxygen atoms in total. The molecule has 2 N–H and O–H groups in total. The topological polar surface area (TPSA) is 98.1 Å². The maximum absolute atomic E-state index is 13.5. The van der Waals surface area contributed by atoms with Crippen molar-refractivity contribution in [2.45, 2.75) is 12.8 Å². The molecular formula is C24H17F2N3O3S. The van der Waals surface area contributed by atoms with E-state index in [4.69, 9.17) is 10.5 Å². The Bertz CT molecular complexity index is 1490. The van der Waals surface area contributed by atoms with Crippen LogP contribution in [0.3, 0.4) is 0 Å². The number of fused-ring (bicyclic) bond motifs is 1. The molecule has 0 spiro atoms. The number of aromatic nitrogens is 1. The molecule has 1 atom stereocenters. The first-order chi connectivity index (χ1) is 15.8. The molecule has 0 bridgehead atoms. The Kier molecular flexibility index (Phi) is 5.94. The molecule has 9 heteroatoms. The predicted octanol–water partition coefficient (Wildman–Crippen LogP) is 2.18. The van der Waals surface area contributed by atoms with Crippen LogP contribution in [-0.2, 0) is 9.53 Å². The Labute approximate surface area is 190 Å². The quantitative estimate of drug-likeness (QED) is 0.596. The van der Waals surface area contributed by atoms with Gasteiger partial charge in [0.2, 0.25) is 0 Å². The van der Waals surface area contributed by atoms with Gasteiger partial charge in [-0.15, -0.1) is 11.3 Å². The number of rotatable bonds is 4. The van der Waals surface area contributed by atoms with E-state index in [9.17, 15) is 23.6 Å². The van der Waals surface area contributed by atoms with Gasteiger partial charge in [-0.05, 0) is 48.4 Å². The Hall–Kier alpha value is -4.03. The summed E-state index contributed by atoms with van der Waals surface area (Å²) in [6, 6.07) is 13.0. The highest BCUT2D eigenvalue weighted by Gasteiger charge is 2.36. The molecule has 0 radical (unpaired) electrons. The first-order valence-electron chi connectivity index (χ1n) is 9.91. The fourth-order valence-electron chi connectivity index (χ4n) is 3.66. The molecule has 1 aromatic heterocycles. The zero-order valence-corrected chi connectivity index (χ0v) is 18.2. The lowest BCUT2D eigenvalue weighted by molar-refractivity contribution is -0.138. The standard InChI is InChI=1S/C24H17F2N3O3S/c1-2-32-24(31)20-19(14-5-9-16(26)10-6-14)17(12-27)23-29(21(20)28)22(30)18(33-23)11-13-3-7-15(25)8-4-13/h3-11,19H,2,28H2,1H3/t19-/m1/s1. The number of carbonyl (C=O) groups is 1. The van der Waals surface area contributed by atoms with Gasteiger partial charge in [-0.3, -0.25) is 9.36 Å². The van der Waals surface area contributed by atoms with Crippen LogP contribution in [0, 0.1) is 23.0 Å². The SMILES string of the molecule is CCOC(=O)C1=C(N)n2c(sc(=Cc3ccc(F)cc3)c2=O)=C(C#N)[C@H]1c1ccc(F)cc1. The summed E-state index contributed by atoms with van der Waals surface area (Å²) in [7, 11) is 0. The molecule has 1 aliphatic rings. The van der Waals surface area contributed by atoms with Crippen molar-refractivity contribution < 1.29 is 18.3 Å². The molecule has 3 aromatic rings. The van der Waals surface area contributed by atoms with Crippen LogP contribution in [0.5, 0.6) is 0 Å². The molecule has 0 saturated carbocycles. The summed E-state index contributed by atoms with van der Waals surface area (Å²) in [5.41, 5.74) is 6.86. The summed E-state index contributed by atoms with van der Waals surface area (Å²) in [5.74, 6) is -2.76. The molecule has 2 heterocycles. The summed E-state index contributed by atoms with van der Waals surface area (Å²) < 4.78 is 33.6. The molecular weight excluding hydrogens is 448 g/mol. The van der Waals surface area contributed by atoms with Crippen LogP contribution in [0.4, 0.5) is 8.78 Å².